The first-order valence-corrected chi connectivity index (χ1v) is 10.6. The molecule has 0 bridgehead atoms. The van der Waals surface area contributed by atoms with Crippen molar-refractivity contribution in [2.45, 2.75) is 14.4 Å². The minimum atomic E-state index is 0.135. The van der Waals surface area contributed by atoms with Crippen molar-refractivity contribution in [2.75, 3.05) is 39.2 Å². The summed E-state index contributed by atoms with van der Waals surface area (Å²) < 4.78 is 12.2. The van der Waals surface area contributed by atoms with Gasteiger partial charge in [-0.1, -0.05) is 47.0 Å². The number of amides is 1. The second-order valence-electron chi connectivity index (χ2n) is 5.25. The Balaban J connectivity index is 1.44. The topological polar surface area (TPSA) is 64.6 Å². The van der Waals surface area contributed by atoms with Crippen LogP contribution < -0.4 is 4.74 Å². The van der Waals surface area contributed by atoms with Crippen LogP contribution in [-0.2, 0) is 15.3 Å². The van der Waals surface area contributed by atoms with Crippen molar-refractivity contribution >= 4 is 40.8 Å². The van der Waals surface area contributed by atoms with Gasteiger partial charge in [-0.3, -0.25) is 4.79 Å². The number of methoxy groups -OCH3 is 1. The minimum Gasteiger partial charge on any atom is -0.497 e. The number of aromatic nitrogens is 2. The molecule has 1 aromatic carbocycles. The van der Waals surface area contributed by atoms with E-state index >= 15 is 0 Å². The number of hydrogen-bond acceptors (Lipinski definition) is 8. The molecule has 0 radical (unpaired) electrons. The zero-order valence-corrected chi connectivity index (χ0v) is 16.3. The molecule has 0 aliphatic carbocycles. The zero-order chi connectivity index (χ0) is 17.5. The molecule has 134 valence electrons. The number of hydrogen-bond donors (Lipinski definition) is 0. The second kappa shape index (κ2) is 9.42. The van der Waals surface area contributed by atoms with Crippen molar-refractivity contribution in [2.24, 2.45) is 0 Å². The lowest BCUT2D eigenvalue weighted by molar-refractivity contribution is -0.132. The first kappa shape index (κ1) is 18.5. The van der Waals surface area contributed by atoms with Crippen molar-refractivity contribution in [1.82, 2.24) is 15.1 Å². The van der Waals surface area contributed by atoms with Crippen LogP contribution in [-0.4, -0.2) is 60.2 Å². The van der Waals surface area contributed by atoms with Gasteiger partial charge in [-0.15, -0.1) is 10.2 Å². The van der Waals surface area contributed by atoms with Crippen LogP contribution in [0.15, 0.2) is 32.9 Å². The standard InChI is InChI=1S/C16H19N3O3S3/c1-21-13-4-2-12(3-5-13)10-23-15-17-18-16(25-15)24-11-14(20)19-6-8-22-9-7-19/h2-5H,6-11H2,1H3. The van der Waals surface area contributed by atoms with E-state index in [1.54, 1.807) is 18.9 Å². The smallest absolute Gasteiger partial charge is 0.233 e. The number of rotatable bonds is 7. The monoisotopic (exact) mass is 397 g/mol. The van der Waals surface area contributed by atoms with E-state index < -0.39 is 0 Å². The molecule has 6 nitrogen and oxygen atoms in total. The van der Waals surface area contributed by atoms with Crippen LogP contribution in [0.5, 0.6) is 5.75 Å². The van der Waals surface area contributed by atoms with Gasteiger partial charge < -0.3 is 14.4 Å². The number of benzene rings is 1. The molecule has 2 aromatic rings. The Bertz CT molecular complexity index is 687. The zero-order valence-electron chi connectivity index (χ0n) is 13.8. The molecule has 9 heteroatoms. The highest BCUT2D eigenvalue weighted by molar-refractivity contribution is 8.03. The van der Waals surface area contributed by atoms with Gasteiger partial charge >= 0.3 is 0 Å². The van der Waals surface area contributed by atoms with Gasteiger partial charge in [0, 0.05) is 18.8 Å². The minimum absolute atomic E-state index is 0.135. The quantitative estimate of drug-likeness (QED) is 0.666. The fourth-order valence-corrected chi connectivity index (χ4v) is 5.09. The fraction of sp³-hybridized carbons (Fsp3) is 0.438. The number of carbonyl (C=O) groups excluding carboxylic acids is 1. The third-order valence-corrected chi connectivity index (χ3v) is 6.84. The van der Waals surface area contributed by atoms with Crippen molar-refractivity contribution < 1.29 is 14.3 Å². The Morgan fingerprint density at radius 2 is 1.88 bits per heavy atom. The molecule has 0 spiro atoms. The van der Waals surface area contributed by atoms with Gasteiger partial charge in [0.1, 0.15) is 5.75 Å². The average Bonchev–Trinajstić information content (AvgIpc) is 3.13. The number of nitrogens with zero attached hydrogens (tertiary/aromatic N) is 3. The molecule has 0 unspecified atom stereocenters. The van der Waals surface area contributed by atoms with Crippen molar-refractivity contribution in [3.8, 4) is 5.75 Å². The van der Waals surface area contributed by atoms with E-state index in [2.05, 4.69) is 10.2 Å². The molecule has 25 heavy (non-hydrogen) atoms. The number of morpholine rings is 1. The summed E-state index contributed by atoms with van der Waals surface area (Å²) in [7, 11) is 1.66. The highest BCUT2D eigenvalue weighted by Crippen LogP contribution is 2.31. The van der Waals surface area contributed by atoms with Crippen LogP contribution >= 0.6 is 34.9 Å². The molecule has 1 aromatic heterocycles. The first-order chi connectivity index (χ1) is 12.2. The Morgan fingerprint density at radius 3 is 2.56 bits per heavy atom. The summed E-state index contributed by atoms with van der Waals surface area (Å²) in [5.41, 5.74) is 1.21. The van der Waals surface area contributed by atoms with Crippen LogP contribution in [0.3, 0.4) is 0 Å². The van der Waals surface area contributed by atoms with Gasteiger partial charge in [0.25, 0.3) is 0 Å². The summed E-state index contributed by atoms with van der Waals surface area (Å²) >= 11 is 4.63. The molecule has 1 aliphatic rings. The van der Waals surface area contributed by atoms with E-state index in [-0.39, 0.29) is 5.91 Å². The molecular weight excluding hydrogens is 378 g/mol. The van der Waals surface area contributed by atoms with Crippen LogP contribution in [0.25, 0.3) is 0 Å². The van der Waals surface area contributed by atoms with Crippen molar-refractivity contribution in [1.29, 1.82) is 0 Å². The summed E-state index contributed by atoms with van der Waals surface area (Å²) in [6.45, 7) is 2.61. The van der Waals surface area contributed by atoms with E-state index in [1.807, 2.05) is 29.2 Å². The number of thioether (sulfide) groups is 2. The van der Waals surface area contributed by atoms with Crippen molar-refractivity contribution in [3.63, 3.8) is 0 Å². The Hall–Kier alpha value is -1.29. The maximum absolute atomic E-state index is 12.1. The molecule has 1 amide bonds. The van der Waals surface area contributed by atoms with Gasteiger partial charge in [-0.25, -0.2) is 0 Å². The highest BCUT2D eigenvalue weighted by Gasteiger charge is 2.17. The number of carbonyl (C=O) groups is 1. The Labute approximate surface area is 159 Å². The lowest BCUT2D eigenvalue weighted by atomic mass is 10.2. The SMILES string of the molecule is COc1ccc(CSc2nnc(SCC(=O)N3CCOCC3)s2)cc1. The highest BCUT2D eigenvalue weighted by atomic mass is 32.2. The third-order valence-electron chi connectivity index (χ3n) is 3.59. The molecule has 0 saturated carbocycles. The van der Waals surface area contributed by atoms with Gasteiger partial charge in [-0.2, -0.15) is 0 Å². The van der Waals surface area contributed by atoms with E-state index in [4.69, 9.17) is 9.47 Å². The van der Waals surface area contributed by atoms with E-state index in [1.165, 1.54) is 28.7 Å². The summed E-state index contributed by atoms with van der Waals surface area (Å²) in [5, 5.41) is 8.36. The maximum atomic E-state index is 12.1. The van der Waals surface area contributed by atoms with Crippen LogP contribution in [0, 0.1) is 0 Å². The molecule has 2 heterocycles. The van der Waals surface area contributed by atoms with E-state index in [9.17, 15) is 4.79 Å². The molecular formula is C16H19N3O3S3. The van der Waals surface area contributed by atoms with Gasteiger partial charge in [-0.05, 0) is 17.7 Å². The summed E-state index contributed by atoms with van der Waals surface area (Å²) in [5.74, 6) is 2.22. The second-order valence-corrected chi connectivity index (χ2v) is 8.67. The van der Waals surface area contributed by atoms with Gasteiger partial charge in [0.15, 0.2) is 8.68 Å². The van der Waals surface area contributed by atoms with Crippen LogP contribution in [0.2, 0.25) is 0 Å². The summed E-state index contributed by atoms with van der Waals surface area (Å²) in [6, 6.07) is 8.00. The van der Waals surface area contributed by atoms with Gasteiger partial charge in [0.2, 0.25) is 5.91 Å². The Morgan fingerprint density at radius 1 is 1.20 bits per heavy atom. The average molecular weight is 398 g/mol. The third kappa shape index (κ3) is 5.60. The maximum Gasteiger partial charge on any atom is 0.233 e. The van der Waals surface area contributed by atoms with Crippen LogP contribution in [0.1, 0.15) is 5.56 Å². The molecule has 1 saturated heterocycles. The van der Waals surface area contributed by atoms with Gasteiger partial charge in [0.05, 0.1) is 26.1 Å². The molecule has 3 rings (SSSR count). The predicted octanol–water partition coefficient (Wildman–Crippen LogP) is 2.79. The lowest BCUT2D eigenvalue weighted by Gasteiger charge is -2.26. The van der Waals surface area contributed by atoms with E-state index in [0.717, 1.165) is 20.2 Å². The molecule has 0 atom stereocenters. The predicted molar refractivity (Wildman–Crippen MR) is 101 cm³/mol. The Kier molecular flexibility index (Phi) is 6.97. The lowest BCUT2D eigenvalue weighted by Crippen LogP contribution is -2.41. The normalized spacial score (nSPS) is 14.5. The molecule has 1 aliphatic heterocycles. The summed E-state index contributed by atoms with van der Waals surface area (Å²) in [6.07, 6.45) is 0. The largest absolute Gasteiger partial charge is 0.497 e. The van der Waals surface area contributed by atoms with E-state index in [0.29, 0.717) is 32.1 Å². The molecule has 1 fully saturated rings. The first-order valence-electron chi connectivity index (χ1n) is 7.82. The van der Waals surface area contributed by atoms with Crippen LogP contribution in [0.4, 0.5) is 0 Å². The number of ether oxygens (including phenoxy) is 2. The fourth-order valence-electron chi connectivity index (χ4n) is 2.21. The van der Waals surface area contributed by atoms with Crippen molar-refractivity contribution in [3.05, 3.63) is 29.8 Å². The molecule has 0 N–H and O–H groups in total. The summed E-state index contributed by atoms with van der Waals surface area (Å²) in [4.78, 5) is 14.0.